The molecular weight excluding hydrogens is 412 g/mol. The summed E-state index contributed by atoms with van der Waals surface area (Å²) in [6.45, 7) is 1.44. The fraction of sp³-hybridized carbons (Fsp3) is 0.333. The van der Waals surface area contributed by atoms with Crippen LogP contribution in [0.5, 0.6) is 0 Å². The second-order valence-electron chi connectivity index (χ2n) is 8.04. The van der Waals surface area contributed by atoms with Crippen LogP contribution in [-0.2, 0) is 11.2 Å². The first-order valence-electron chi connectivity index (χ1n) is 10.6. The molecule has 1 aromatic heterocycles. The van der Waals surface area contributed by atoms with Crippen LogP contribution in [0, 0.1) is 0 Å². The quantitative estimate of drug-likeness (QED) is 0.581. The second kappa shape index (κ2) is 7.68. The number of nitrogens with two attached hydrogens (primary N) is 2. The number of aromatic nitrogens is 2. The van der Waals surface area contributed by atoms with Crippen molar-refractivity contribution in [2.24, 2.45) is 11.6 Å². The SMILES string of the molecule is NC(=O)c1nn(C2=CN(N)CN2)c2c1CCN(c1ccc(N3CCCCC3=O)cc1)C2=O. The number of benzene rings is 1. The van der Waals surface area contributed by atoms with Crippen molar-refractivity contribution in [3.63, 3.8) is 0 Å². The van der Waals surface area contributed by atoms with Gasteiger partial charge < -0.3 is 20.9 Å². The highest BCUT2D eigenvalue weighted by Gasteiger charge is 2.35. The van der Waals surface area contributed by atoms with Crippen molar-refractivity contribution in [3.05, 3.63) is 47.4 Å². The number of amides is 3. The van der Waals surface area contributed by atoms with Crippen molar-refractivity contribution in [1.82, 2.24) is 20.1 Å². The van der Waals surface area contributed by atoms with E-state index in [1.165, 1.54) is 9.69 Å². The first kappa shape index (κ1) is 20.1. The number of anilines is 2. The van der Waals surface area contributed by atoms with Gasteiger partial charge in [0, 0.05) is 36.4 Å². The highest BCUT2D eigenvalue weighted by atomic mass is 16.2. The first-order chi connectivity index (χ1) is 15.4. The van der Waals surface area contributed by atoms with Gasteiger partial charge in [0.05, 0.1) is 6.20 Å². The lowest BCUT2D eigenvalue weighted by molar-refractivity contribution is -0.119. The average Bonchev–Trinajstić information content (AvgIpc) is 3.39. The van der Waals surface area contributed by atoms with Crippen molar-refractivity contribution in [2.75, 3.05) is 29.6 Å². The Hall–Kier alpha value is -3.86. The summed E-state index contributed by atoms with van der Waals surface area (Å²) in [6, 6.07) is 7.40. The first-order valence-corrected chi connectivity index (χ1v) is 10.6. The van der Waals surface area contributed by atoms with Crippen LogP contribution in [0.1, 0.15) is 45.8 Å². The Balaban J connectivity index is 1.47. The minimum absolute atomic E-state index is 0.0881. The Morgan fingerprint density at radius 3 is 2.34 bits per heavy atom. The minimum atomic E-state index is -0.681. The van der Waals surface area contributed by atoms with Gasteiger partial charge in [-0.2, -0.15) is 5.10 Å². The molecule has 11 heteroatoms. The molecule has 4 heterocycles. The summed E-state index contributed by atoms with van der Waals surface area (Å²) < 4.78 is 1.40. The molecule has 3 aliphatic rings. The van der Waals surface area contributed by atoms with Gasteiger partial charge in [0.15, 0.2) is 5.69 Å². The van der Waals surface area contributed by atoms with Gasteiger partial charge in [-0.1, -0.05) is 0 Å². The van der Waals surface area contributed by atoms with E-state index in [0.29, 0.717) is 49.7 Å². The number of hydrogen-bond acceptors (Lipinski definition) is 7. The molecule has 0 aliphatic carbocycles. The lowest BCUT2D eigenvalue weighted by Gasteiger charge is -2.29. The highest BCUT2D eigenvalue weighted by Crippen LogP contribution is 2.30. The minimum Gasteiger partial charge on any atom is -0.364 e. The molecule has 166 valence electrons. The third-order valence-corrected chi connectivity index (χ3v) is 6.01. The molecule has 0 bridgehead atoms. The van der Waals surface area contributed by atoms with Gasteiger partial charge in [-0.3, -0.25) is 19.4 Å². The summed E-state index contributed by atoms with van der Waals surface area (Å²) in [4.78, 5) is 41.1. The molecule has 0 radical (unpaired) electrons. The monoisotopic (exact) mass is 436 g/mol. The molecule has 1 aromatic carbocycles. The normalized spacial score (nSPS) is 18.5. The second-order valence-corrected chi connectivity index (χ2v) is 8.04. The van der Waals surface area contributed by atoms with E-state index in [4.69, 9.17) is 11.6 Å². The van der Waals surface area contributed by atoms with Crippen LogP contribution in [0.3, 0.4) is 0 Å². The highest BCUT2D eigenvalue weighted by molar-refractivity contribution is 6.10. The van der Waals surface area contributed by atoms with Crippen LogP contribution >= 0.6 is 0 Å². The number of fused-ring (bicyclic) bond motifs is 1. The molecule has 2 aromatic rings. The molecular formula is C21H24N8O3. The molecule has 11 nitrogen and oxygen atoms in total. The van der Waals surface area contributed by atoms with Gasteiger partial charge in [-0.15, -0.1) is 0 Å². The Morgan fingerprint density at radius 2 is 1.72 bits per heavy atom. The maximum Gasteiger partial charge on any atom is 0.277 e. The fourth-order valence-corrected chi connectivity index (χ4v) is 4.42. The van der Waals surface area contributed by atoms with E-state index in [1.54, 1.807) is 16.0 Å². The molecule has 3 amide bonds. The summed E-state index contributed by atoms with van der Waals surface area (Å²) in [6.07, 6.45) is 4.51. The van der Waals surface area contributed by atoms with Crippen molar-refractivity contribution in [3.8, 4) is 0 Å². The molecule has 0 saturated carbocycles. The van der Waals surface area contributed by atoms with Crippen molar-refractivity contribution < 1.29 is 14.4 Å². The number of carbonyl (C=O) groups excluding carboxylic acids is 3. The zero-order valence-corrected chi connectivity index (χ0v) is 17.5. The lowest BCUT2D eigenvalue weighted by Crippen LogP contribution is -2.39. The van der Waals surface area contributed by atoms with Crippen LogP contribution in [-0.4, -0.2) is 52.3 Å². The van der Waals surface area contributed by atoms with Gasteiger partial charge in [-0.25, -0.2) is 10.5 Å². The number of piperidine rings is 1. The van der Waals surface area contributed by atoms with Crippen LogP contribution in [0.4, 0.5) is 11.4 Å². The molecule has 32 heavy (non-hydrogen) atoms. The predicted molar refractivity (Wildman–Crippen MR) is 117 cm³/mol. The molecule has 1 fully saturated rings. The molecule has 0 spiro atoms. The zero-order valence-electron chi connectivity index (χ0n) is 17.5. The van der Waals surface area contributed by atoms with Crippen LogP contribution in [0.2, 0.25) is 0 Å². The molecule has 5 rings (SSSR count). The summed E-state index contributed by atoms with van der Waals surface area (Å²) in [5.74, 6) is 5.43. The van der Waals surface area contributed by atoms with Crippen molar-refractivity contribution in [2.45, 2.75) is 25.7 Å². The van der Waals surface area contributed by atoms with Crippen LogP contribution in [0.15, 0.2) is 30.5 Å². The molecule has 0 unspecified atom stereocenters. The van der Waals surface area contributed by atoms with E-state index in [-0.39, 0.29) is 23.2 Å². The predicted octanol–water partition coefficient (Wildman–Crippen LogP) is 0.194. The Bertz CT molecular complexity index is 1140. The summed E-state index contributed by atoms with van der Waals surface area (Å²) in [5.41, 5.74) is 7.96. The lowest BCUT2D eigenvalue weighted by atomic mass is 10.0. The number of hydrogen-bond donors (Lipinski definition) is 3. The third kappa shape index (κ3) is 3.26. The summed E-state index contributed by atoms with van der Waals surface area (Å²) in [5, 5.41) is 8.77. The fourth-order valence-electron chi connectivity index (χ4n) is 4.42. The Labute approximate surface area is 184 Å². The van der Waals surface area contributed by atoms with Gasteiger partial charge in [0.1, 0.15) is 18.2 Å². The van der Waals surface area contributed by atoms with Gasteiger partial charge in [0.2, 0.25) is 5.91 Å². The van der Waals surface area contributed by atoms with Crippen molar-refractivity contribution in [1.29, 1.82) is 0 Å². The third-order valence-electron chi connectivity index (χ3n) is 6.01. The zero-order chi connectivity index (χ0) is 22.4. The number of carbonyl (C=O) groups is 3. The van der Waals surface area contributed by atoms with Gasteiger partial charge in [0.25, 0.3) is 11.8 Å². The molecule has 5 N–H and O–H groups in total. The van der Waals surface area contributed by atoms with E-state index in [0.717, 1.165) is 18.5 Å². The van der Waals surface area contributed by atoms with Gasteiger partial charge >= 0.3 is 0 Å². The van der Waals surface area contributed by atoms with E-state index in [2.05, 4.69) is 10.4 Å². The van der Waals surface area contributed by atoms with Gasteiger partial charge in [-0.05, 0) is 43.5 Å². The molecule has 1 saturated heterocycles. The maximum atomic E-state index is 13.5. The van der Waals surface area contributed by atoms with E-state index in [9.17, 15) is 14.4 Å². The van der Waals surface area contributed by atoms with E-state index < -0.39 is 5.91 Å². The number of nitrogens with one attached hydrogen (secondary N) is 1. The van der Waals surface area contributed by atoms with E-state index in [1.807, 2.05) is 24.3 Å². The Morgan fingerprint density at radius 1 is 1.00 bits per heavy atom. The van der Waals surface area contributed by atoms with Crippen molar-refractivity contribution >= 4 is 34.9 Å². The maximum absolute atomic E-state index is 13.5. The van der Waals surface area contributed by atoms with Crippen LogP contribution < -0.4 is 26.7 Å². The average molecular weight is 436 g/mol. The molecule has 3 aliphatic heterocycles. The number of primary amides is 1. The van der Waals surface area contributed by atoms with E-state index >= 15 is 0 Å². The number of rotatable bonds is 4. The standard InChI is InChI=1S/C21H24N8O3/c22-20(31)18-15-8-10-28(21(32)19(15)29(25-18)16-11-26(23)12-24-16)14-6-4-13(5-7-14)27-9-2-1-3-17(27)30/h4-7,11,24H,1-3,8-10,12,23H2,(H2,22,31). The smallest absolute Gasteiger partial charge is 0.277 e. The topological polar surface area (TPSA) is 143 Å². The largest absolute Gasteiger partial charge is 0.364 e. The summed E-state index contributed by atoms with van der Waals surface area (Å²) in [7, 11) is 0. The summed E-state index contributed by atoms with van der Waals surface area (Å²) >= 11 is 0. The van der Waals surface area contributed by atoms with Crippen LogP contribution in [0.25, 0.3) is 5.82 Å². The molecule has 0 atom stereocenters. The number of hydrazine groups is 1. The number of nitrogens with zero attached hydrogens (tertiary/aromatic N) is 5. The Kier molecular flexibility index (Phi) is 4.82.